The van der Waals surface area contributed by atoms with Crippen LogP contribution in [-0.4, -0.2) is 5.37 Å². The Labute approximate surface area is 73.2 Å². The average Bonchev–Trinajstić information content (AvgIpc) is 2.05. The van der Waals surface area contributed by atoms with E-state index in [-0.39, 0.29) is 0 Å². The van der Waals surface area contributed by atoms with E-state index in [0.29, 0.717) is 5.92 Å². The van der Waals surface area contributed by atoms with Gasteiger partial charge in [-0.3, -0.25) is 0 Å². The van der Waals surface area contributed by atoms with Crippen molar-refractivity contribution in [3.8, 4) is 0 Å². The molecule has 0 aromatic heterocycles. The second-order valence-electron chi connectivity index (χ2n) is 2.94. The zero-order valence-electron chi connectivity index (χ0n) is 6.87. The summed E-state index contributed by atoms with van der Waals surface area (Å²) >= 11 is 4.80. The summed E-state index contributed by atoms with van der Waals surface area (Å²) in [5.74, 6) is 0.606. The highest BCUT2D eigenvalue weighted by Crippen LogP contribution is 2.13. The van der Waals surface area contributed by atoms with Gasteiger partial charge in [0.25, 0.3) is 0 Å². The van der Waals surface area contributed by atoms with Crippen LogP contribution in [0.5, 0.6) is 0 Å². The van der Waals surface area contributed by atoms with Gasteiger partial charge in [0, 0.05) is 5.37 Å². The van der Waals surface area contributed by atoms with E-state index in [1.165, 1.54) is 5.56 Å². The van der Waals surface area contributed by atoms with Gasteiger partial charge in [-0.1, -0.05) is 50.3 Å². The Morgan fingerprint density at radius 2 is 1.73 bits per heavy atom. The van der Waals surface area contributed by atoms with Crippen LogP contribution in [0.2, 0.25) is 0 Å². The summed E-state index contributed by atoms with van der Waals surface area (Å²) in [5.41, 5.74) is 2.48. The molecule has 1 rings (SSSR count). The quantitative estimate of drug-likeness (QED) is 0.605. The molecule has 0 aliphatic rings. The molecule has 0 spiro atoms. The van der Waals surface area contributed by atoms with E-state index >= 15 is 0 Å². The van der Waals surface area contributed by atoms with Crippen LogP contribution in [-0.2, 0) is 0 Å². The van der Waals surface area contributed by atoms with E-state index in [2.05, 4.69) is 38.1 Å². The molecule has 0 bridgehead atoms. The lowest BCUT2D eigenvalue weighted by Crippen LogP contribution is -1.86. The molecule has 0 radical (unpaired) electrons. The Kier molecular flexibility index (Phi) is 2.77. The van der Waals surface area contributed by atoms with E-state index in [1.807, 2.05) is 0 Å². The van der Waals surface area contributed by atoms with Gasteiger partial charge in [0.05, 0.1) is 0 Å². The SMILES string of the molecule is CC(C)c1ccc(C=S)cc1. The molecule has 58 valence electrons. The largest absolute Gasteiger partial charge is 0.0881 e. The molecule has 0 amide bonds. The number of hydrogen-bond acceptors (Lipinski definition) is 1. The molecule has 0 unspecified atom stereocenters. The zero-order valence-corrected chi connectivity index (χ0v) is 7.69. The van der Waals surface area contributed by atoms with Gasteiger partial charge in [0.15, 0.2) is 0 Å². The molecule has 0 saturated carbocycles. The Balaban J connectivity index is 2.91. The van der Waals surface area contributed by atoms with Crippen LogP contribution in [0.15, 0.2) is 24.3 Å². The van der Waals surface area contributed by atoms with Crippen LogP contribution in [0.4, 0.5) is 0 Å². The highest BCUT2D eigenvalue weighted by atomic mass is 32.1. The molecule has 1 aromatic rings. The van der Waals surface area contributed by atoms with E-state index in [0.717, 1.165) is 5.56 Å². The summed E-state index contributed by atoms with van der Waals surface area (Å²) < 4.78 is 0. The van der Waals surface area contributed by atoms with E-state index in [9.17, 15) is 0 Å². The third kappa shape index (κ3) is 2.12. The second-order valence-corrected chi connectivity index (χ2v) is 3.17. The van der Waals surface area contributed by atoms with Crippen molar-refractivity contribution in [3.05, 3.63) is 35.4 Å². The van der Waals surface area contributed by atoms with Gasteiger partial charge < -0.3 is 0 Å². The average molecular weight is 164 g/mol. The zero-order chi connectivity index (χ0) is 8.27. The van der Waals surface area contributed by atoms with Gasteiger partial charge in [-0.2, -0.15) is 0 Å². The molecule has 0 saturated heterocycles. The fourth-order valence-electron chi connectivity index (χ4n) is 0.959. The first kappa shape index (κ1) is 8.41. The van der Waals surface area contributed by atoms with Gasteiger partial charge in [-0.15, -0.1) is 0 Å². The molecule has 0 aliphatic heterocycles. The van der Waals surface area contributed by atoms with Crippen molar-refractivity contribution in [2.75, 3.05) is 0 Å². The van der Waals surface area contributed by atoms with E-state index in [1.54, 1.807) is 5.37 Å². The van der Waals surface area contributed by atoms with Crippen LogP contribution in [0.1, 0.15) is 30.9 Å². The highest BCUT2D eigenvalue weighted by molar-refractivity contribution is 7.79. The molecule has 0 N–H and O–H groups in total. The maximum atomic E-state index is 4.80. The predicted octanol–water partition coefficient (Wildman–Crippen LogP) is 3.16. The van der Waals surface area contributed by atoms with Gasteiger partial charge in [0.2, 0.25) is 0 Å². The molecule has 0 atom stereocenters. The van der Waals surface area contributed by atoms with E-state index in [4.69, 9.17) is 12.2 Å². The topological polar surface area (TPSA) is 0 Å². The normalized spacial score (nSPS) is 10.1. The van der Waals surface area contributed by atoms with Crippen LogP contribution >= 0.6 is 12.2 Å². The van der Waals surface area contributed by atoms with Crippen LogP contribution in [0.3, 0.4) is 0 Å². The lowest BCUT2D eigenvalue weighted by molar-refractivity contribution is 0.867. The van der Waals surface area contributed by atoms with Gasteiger partial charge >= 0.3 is 0 Å². The Hall–Kier alpha value is -0.690. The van der Waals surface area contributed by atoms with Crippen LogP contribution in [0.25, 0.3) is 0 Å². The van der Waals surface area contributed by atoms with Crippen molar-refractivity contribution in [2.45, 2.75) is 19.8 Å². The number of thiocarbonyl (C=S) groups is 1. The molecule has 0 aliphatic carbocycles. The summed E-state index contributed by atoms with van der Waals surface area (Å²) in [6.45, 7) is 4.37. The second kappa shape index (κ2) is 3.63. The van der Waals surface area contributed by atoms with Gasteiger partial charge in [-0.25, -0.2) is 0 Å². The number of benzene rings is 1. The molecular formula is C10H12S. The summed E-state index contributed by atoms with van der Waals surface area (Å²) in [6, 6.07) is 8.37. The van der Waals surface area contributed by atoms with Crippen molar-refractivity contribution in [1.29, 1.82) is 0 Å². The van der Waals surface area contributed by atoms with Crippen LogP contribution in [0, 0.1) is 0 Å². The van der Waals surface area contributed by atoms with Gasteiger partial charge in [0.1, 0.15) is 0 Å². The molecule has 11 heavy (non-hydrogen) atoms. The van der Waals surface area contributed by atoms with Gasteiger partial charge in [-0.05, 0) is 17.0 Å². The van der Waals surface area contributed by atoms with Crippen molar-refractivity contribution in [2.24, 2.45) is 0 Å². The van der Waals surface area contributed by atoms with Crippen molar-refractivity contribution < 1.29 is 0 Å². The monoisotopic (exact) mass is 164 g/mol. The maximum Gasteiger partial charge on any atom is 0.00861 e. The summed E-state index contributed by atoms with van der Waals surface area (Å²) in [7, 11) is 0. The minimum atomic E-state index is 0.606. The van der Waals surface area contributed by atoms with Crippen LogP contribution < -0.4 is 0 Å². The third-order valence-corrected chi connectivity index (χ3v) is 2.01. The summed E-state index contributed by atoms with van der Waals surface area (Å²) in [6.07, 6.45) is 0. The maximum absolute atomic E-state index is 4.80. The smallest absolute Gasteiger partial charge is 0.00861 e. The fourth-order valence-corrected chi connectivity index (χ4v) is 1.12. The first-order chi connectivity index (χ1) is 5.24. The Morgan fingerprint density at radius 1 is 1.18 bits per heavy atom. The molecule has 0 heterocycles. The van der Waals surface area contributed by atoms with E-state index < -0.39 is 0 Å². The highest BCUT2D eigenvalue weighted by Gasteiger charge is 1.96. The lowest BCUT2D eigenvalue weighted by atomic mass is 10.0. The minimum absolute atomic E-state index is 0.606. The standard InChI is InChI=1S/C10H12S/c1-8(2)10-5-3-9(7-11)4-6-10/h3-8H,1-2H3. The van der Waals surface area contributed by atoms with Crippen molar-refractivity contribution in [3.63, 3.8) is 0 Å². The third-order valence-electron chi connectivity index (χ3n) is 1.74. The van der Waals surface area contributed by atoms with Crippen molar-refractivity contribution >= 4 is 17.6 Å². The first-order valence-corrected chi connectivity index (χ1v) is 4.26. The molecular weight excluding hydrogens is 152 g/mol. The van der Waals surface area contributed by atoms with Crippen molar-refractivity contribution in [1.82, 2.24) is 0 Å². The lowest BCUT2D eigenvalue weighted by Gasteiger charge is -2.03. The Bertz CT molecular complexity index is 234. The molecule has 0 fully saturated rings. The number of rotatable bonds is 2. The number of hydrogen-bond donors (Lipinski definition) is 0. The predicted molar refractivity (Wildman–Crippen MR) is 53.3 cm³/mol. The molecule has 1 heteroatoms. The molecule has 1 aromatic carbocycles. The summed E-state index contributed by atoms with van der Waals surface area (Å²) in [4.78, 5) is 0. The Morgan fingerprint density at radius 3 is 2.09 bits per heavy atom. The molecule has 0 nitrogen and oxygen atoms in total. The fraction of sp³-hybridized carbons (Fsp3) is 0.300. The minimum Gasteiger partial charge on any atom is -0.0881 e. The summed E-state index contributed by atoms with van der Waals surface area (Å²) in [5, 5.41) is 1.70. The first-order valence-electron chi connectivity index (χ1n) is 3.79.